The summed E-state index contributed by atoms with van der Waals surface area (Å²) in [5.41, 5.74) is 5.96. The number of aryl methyl sites for hydroxylation is 3. The SMILES string of the molecule is CC[C@@H](NC(=O)c1ccc(N(C)S(=O)(=O)c2ccc(C)cc2)cc1)c1ccc2c(c1)CCCC2. The summed E-state index contributed by atoms with van der Waals surface area (Å²) >= 11 is 0. The second kappa shape index (κ2) is 10.0. The van der Waals surface area contributed by atoms with Crippen LogP contribution in [0.2, 0.25) is 0 Å². The summed E-state index contributed by atoms with van der Waals surface area (Å²) < 4.78 is 27.1. The standard InChI is InChI=1S/C28H32N2O3S/c1-4-27(24-12-11-21-7-5-6-8-23(21)19-24)29-28(31)22-13-15-25(16-14-22)30(3)34(32,33)26-17-9-20(2)10-18-26/h9-19,27H,4-8H2,1-3H3,(H,29,31)/t27-/m1/s1. The molecule has 5 nitrogen and oxygen atoms in total. The molecule has 34 heavy (non-hydrogen) atoms. The van der Waals surface area contributed by atoms with Crippen molar-refractivity contribution in [2.45, 2.75) is 56.9 Å². The summed E-state index contributed by atoms with van der Waals surface area (Å²) in [7, 11) is -2.15. The van der Waals surface area contributed by atoms with Gasteiger partial charge in [-0.1, -0.05) is 42.8 Å². The number of carbonyl (C=O) groups is 1. The van der Waals surface area contributed by atoms with E-state index in [0.717, 1.165) is 30.4 Å². The zero-order valence-corrected chi connectivity index (χ0v) is 20.9. The Kier molecular flexibility index (Phi) is 7.08. The lowest BCUT2D eigenvalue weighted by atomic mass is 9.88. The zero-order chi connectivity index (χ0) is 24.3. The zero-order valence-electron chi connectivity index (χ0n) is 20.0. The van der Waals surface area contributed by atoms with Crippen molar-refractivity contribution in [3.8, 4) is 0 Å². The quantitative estimate of drug-likeness (QED) is 0.484. The summed E-state index contributed by atoms with van der Waals surface area (Å²) in [6.45, 7) is 3.98. The van der Waals surface area contributed by atoms with Crippen LogP contribution in [0.3, 0.4) is 0 Å². The van der Waals surface area contributed by atoms with Crippen molar-refractivity contribution in [2.24, 2.45) is 0 Å². The van der Waals surface area contributed by atoms with E-state index in [1.165, 1.54) is 35.3 Å². The van der Waals surface area contributed by atoms with E-state index in [2.05, 4.69) is 30.4 Å². The minimum absolute atomic E-state index is 0.0657. The lowest BCUT2D eigenvalue weighted by Crippen LogP contribution is -2.29. The number of fused-ring (bicyclic) bond motifs is 1. The smallest absolute Gasteiger partial charge is 0.264 e. The highest BCUT2D eigenvalue weighted by Crippen LogP contribution is 2.27. The van der Waals surface area contributed by atoms with E-state index in [4.69, 9.17) is 0 Å². The molecule has 1 aliphatic rings. The van der Waals surface area contributed by atoms with E-state index in [1.54, 1.807) is 48.5 Å². The molecule has 3 aromatic rings. The van der Waals surface area contributed by atoms with Crippen LogP contribution in [0.1, 0.15) is 64.8 Å². The van der Waals surface area contributed by atoms with Crippen LogP contribution >= 0.6 is 0 Å². The molecular formula is C28H32N2O3S. The highest BCUT2D eigenvalue weighted by molar-refractivity contribution is 7.92. The number of hydrogen-bond donors (Lipinski definition) is 1. The summed E-state index contributed by atoms with van der Waals surface area (Å²) in [4.78, 5) is 13.2. The van der Waals surface area contributed by atoms with Crippen LogP contribution < -0.4 is 9.62 Å². The molecule has 1 atom stereocenters. The Hall–Kier alpha value is -3.12. The second-order valence-corrected chi connectivity index (χ2v) is 11.0. The molecule has 6 heteroatoms. The topological polar surface area (TPSA) is 66.5 Å². The lowest BCUT2D eigenvalue weighted by molar-refractivity contribution is 0.0935. The molecule has 1 N–H and O–H groups in total. The van der Waals surface area contributed by atoms with Crippen molar-refractivity contribution in [1.29, 1.82) is 0 Å². The van der Waals surface area contributed by atoms with Gasteiger partial charge in [0.25, 0.3) is 15.9 Å². The van der Waals surface area contributed by atoms with Crippen molar-refractivity contribution >= 4 is 21.6 Å². The maximum atomic E-state index is 13.0. The average molecular weight is 477 g/mol. The molecule has 0 radical (unpaired) electrons. The van der Waals surface area contributed by atoms with Crippen LogP contribution in [0.5, 0.6) is 0 Å². The van der Waals surface area contributed by atoms with Crippen LogP contribution in [-0.2, 0) is 22.9 Å². The van der Waals surface area contributed by atoms with Crippen LogP contribution in [0.4, 0.5) is 5.69 Å². The minimum Gasteiger partial charge on any atom is -0.345 e. The monoisotopic (exact) mass is 476 g/mol. The predicted octanol–water partition coefficient (Wildman–Crippen LogP) is 5.58. The third-order valence-electron chi connectivity index (χ3n) is 6.66. The average Bonchev–Trinajstić information content (AvgIpc) is 2.86. The molecule has 0 bridgehead atoms. The van der Waals surface area contributed by atoms with Crippen LogP contribution in [-0.4, -0.2) is 21.4 Å². The van der Waals surface area contributed by atoms with Crippen LogP contribution in [0.25, 0.3) is 0 Å². The predicted molar refractivity (Wildman–Crippen MR) is 137 cm³/mol. The van der Waals surface area contributed by atoms with E-state index in [0.29, 0.717) is 11.3 Å². The fourth-order valence-electron chi connectivity index (χ4n) is 4.46. The Bertz CT molecular complexity index is 1270. The van der Waals surface area contributed by atoms with Gasteiger partial charge in [0.1, 0.15) is 0 Å². The molecule has 0 aliphatic heterocycles. The number of nitrogens with zero attached hydrogens (tertiary/aromatic N) is 1. The number of amides is 1. The van der Waals surface area contributed by atoms with Gasteiger partial charge >= 0.3 is 0 Å². The van der Waals surface area contributed by atoms with E-state index in [1.807, 2.05) is 6.92 Å². The molecule has 4 rings (SSSR count). The van der Waals surface area contributed by atoms with Gasteiger partial charge in [0.15, 0.2) is 0 Å². The molecule has 3 aromatic carbocycles. The van der Waals surface area contributed by atoms with Crippen molar-refractivity contribution in [1.82, 2.24) is 5.32 Å². The minimum atomic E-state index is -3.68. The second-order valence-electron chi connectivity index (χ2n) is 9.00. The van der Waals surface area contributed by atoms with E-state index < -0.39 is 10.0 Å². The molecule has 0 saturated heterocycles. The fraction of sp³-hybridized carbons (Fsp3) is 0.321. The van der Waals surface area contributed by atoms with Gasteiger partial charge in [0, 0.05) is 12.6 Å². The first kappa shape index (κ1) is 24.0. The molecule has 178 valence electrons. The van der Waals surface area contributed by atoms with Crippen LogP contribution in [0, 0.1) is 6.92 Å². The van der Waals surface area contributed by atoms with Gasteiger partial charge in [-0.2, -0.15) is 0 Å². The maximum absolute atomic E-state index is 13.0. The van der Waals surface area contributed by atoms with Gasteiger partial charge in [-0.05, 0) is 92.1 Å². The normalized spacial score (nSPS) is 14.2. The third-order valence-corrected chi connectivity index (χ3v) is 8.46. The molecule has 0 heterocycles. The number of rotatable bonds is 7. The Balaban J connectivity index is 1.47. The third kappa shape index (κ3) is 5.02. The summed E-state index contributed by atoms with van der Waals surface area (Å²) in [6, 6.07) is 20.0. The molecule has 0 fully saturated rings. The first-order chi connectivity index (χ1) is 16.3. The van der Waals surface area contributed by atoms with Gasteiger partial charge in [0.2, 0.25) is 0 Å². The van der Waals surface area contributed by atoms with Gasteiger partial charge in [0.05, 0.1) is 16.6 Å². The number of benzene rings is 3. The van der Waals surface area contributed by atoms with Crippen molar-refractivity contribution in [3.63, 3.8) is 0 Å². The number of hydrogen-bond acceptors (Lipinski definition) is 3. The number of nitrogens with one attached hydrogen (secondary N) is 1. The molecule has 0 saturated carbocycles. The number of anilines is 1. The van der Waals surface area contributed by atoms with Crippen molar-refractivity contribution in [2.75, 3.05) is 11.4 Å². The highest BCUT2D eigenvalue weighted by atomic mass is 32.2. The molecule has 0 spiro atoms. The maximum Gasteiger partial charge on any atom is 0.264 e. The van der Waals surface area contributed by atoms with Crippen LogP contribution in [0.15, 0.2) is 71.6 Å². The van der Waals surface area contributed by atoms with E-state index >= 15 is 0 Å². The molecule has 1 amide bonds. The Morgan fingerprint density at radius 1 is 0.941 bits per heavy atom. The Labute approximate surface area is 202 Å². The Morgan fingerprint density at radius 3 is 2.24 bits per heavy atom. The largest absolute Gasteiger partial charge is 0.345 e. The fourth-order valence-corrected chi connectivity index (χ4v) is 5.66. The molecular weight excluding hydrogens is 444 g/mol. The lowest BCUT2D eigenvalue weighted by Gasteiger charge is -2.22. The van der Waals surface area contributed by atoms with Crippen molar-refractivity contribution in [3.05, 3.63) is 94.5 Å². The van der Waals surface area contributed by atoms with Gasteiger partial charge in [-0.25, -0.2) is 8.42 Å². The van der Waals surface area contributed by atoms with Gasteiger partial charge in [-0.3, -0.25) is 9.10 Å². The van der Waals surface area contributed by atoms with Gasteiger partial charge < -0.3 is 5.32 Å². The van der Waals surface area contributed by atoms with E-state index in [-0.39, 0.29) is 16.8 Å². The molecule has 1 aliphatic carbocycles. The number of carbonyl (C=O) groups excluding carboxylic acids is 1. The first-order valence-electron chi connectivity index (χ1n) is 11.9. The van der Waals surface area contributed by atoms with Gasteiger partial charge in [-0.15, -0.1) is 0 Å². The first-order valence-corrected chi connectivity index (χ1v) is 13.3. The number of sulfonamides is 1. The van der Waals surface area contributed by atoms with E-state index in [9.17, 15) is 13.2 Å². The van der Waals surface area contributed by atoms with Crippen molar-refractivity contribution < 1.29 is 13.2 Å². The Morgan fingerprint density at radius 2 is 1.59 bits per heavy atom. The summed E-state index contributed by atoms with van der Waals surface area (Å²) in [5, 5.41) is 3.15. The summed E-state index contributed by atoms with van der Waals surface area (Å²) in [5.74, 6) is -0.167. The highest BCUT2D eigenvalue weighted by Gasteiger charge is 2.22. The summed E-state index contributed by atoms with van der Waals surface area (Å²) in [6.07, 6.45) is 5.51. The molecule has 0 unspecified atom stereocenters. The molecule has 0 aromatic heterocycles.